The molecule has 2 nitrogen and oxygen atoms in total. The predicted molar refractivity (Wildman–Crippen MR) is 172 cm³/mol. The van der Waals surface area contributed by atoms with Crippen molar-refractivity contribution in [2.24, 2.45) is 0 Å². The quantitative estimate of drug-likeness (QED) is 0.214. The van der Waals surface area contributed by atoms with E-state index in [0.717, 1.165) is 33.0 Å². The summed E-state index contributed by atoms with van der Waals surface area (Å²) < 4.78 is 6.72. The first-order valence-electron chi connectivity index (χ1n) is 13.9. The van der Waals surface area contributed by atoms with E-state index in [9.17, 15) is 0 Å². The summed E-state index contributed by atoms with van der Waals surface area (Å²) in [6.07, 6.45) is 3.81. The zero-order valence-corrected chi connectivity index (χ0v) is 22.3. The highest BCUT2D eigenvalue weighted by molar-refractivity contribution is 6.17. The molecular weight excluding hydrogens is 498 g/mol. The van der Waals surface area contributed by atoms with E-state index >= 15 is 0 Å². The second-order valence-corrected chi connectivity index (χ2v) is 10.4. The van der Waals surface area contributed by atoms with Crippen LogP contribution in [0.25, 0.3) is 65.3 Å². The molecule has 7 aromatic carbocycles. The summed E-state index contributed by atoms with van der Waals surface area (Å²) in [6.45, 7) is 0. The lowest BCUT2D eigenvalue weighted by molar-refractivity contribution is 0.494. The van der Waals surface area contributed by atoms with Gasteiger partial charge in [0.2, 0.25) is 0 Å². The Hall–Kier alpha value is -5.47. The molecule has 0 saturated heterocycles. The van der Waals surface area contributed by atoms with Gasteiger partial charge in [0, 0.05) is 28.6 Å². The summed E-state index contributed by atoms with van der Waals surface area (Å²) in [4.78, 5) is 4.53. The summed E-state index contributed by atoms with van der Waals surface area (Å²) in [5.74, 6) is 1.65. The van der Waals surface area contributed by atoms with E-state index < -0.39 is 0 Å². The van der Waals surface area contributed by atoms with E-state index in [1.165, 1.54) is 43.8 Å². The molecule has 0 aliphatic heterocycles. The van der Waals surface area contributed by atoms with Gasteiger partial charge in [-0.2, -0.15) is 0 Å². The maximum Gasteiger partial charge on any atom is 0.143 e. The minimum absolute atomic E-state index is 0.802. The topological polar surface area (TPSA) is 22.1 Å². The highest BCUT2D eigenvalue weighted by atomic mass is 16.5. The van der Waals surface area contributed by atoms with Crippen molar-refractivity contribution in [3.05, 3.63) is 152 Å². The average molecular weight is 524 g/mol. The van der Waals surface area contributed by atoms with E-state index in [-0.39, 0.29) is 0 Å². The Morgan fingerprint density at radius 1 is 0.439 bits per heavy atom. The molecule has 0 aliphatic rings. The van der Waals surface area contributed by atoms with Gasteiger partial charge < -0.3 is 4.74 Å². The van der Waals surface area contributed by atoms with Crippen LogP contribution in [0.15, 0.2) is 152 Å². The minimum atomic E-state index is 0.802. The van der Waals surface area contributed by atoms with Crippen molar-refractivity contribution in [2.75, 3.05) is 0 Å². The summed E-state index contributed by atoms with van der Waals surface area (Å²) in [6, 6.07) is 49.1. The Bertz CT molecular complexity index is 2170. The van der Waals surface area contributed by atoms with Crippen LogP contribution >= 0.6 is 0 Å². The van der Waals surface area contributed by atoms with Crippen LogP contribution in [0.4, 0.5) is 0 Å². The molecule has 0 aliphatic carbocycles. The Kier molecular flexibility index (Phi) is 5.49. The molecule has 0 bridgehead atoms. The van der Waals surface area contributed by atoms with Crippen molar-refractivity contribution in [2.45, 2.75) is 0 Å². The molecule has 0 radical (unpaired) electrons. The van der Waals surface area contributed by atoms with Gasteiger partial charge >= 0.3 is 0 Å². The molecule has 1 heterocycles. The molecule has 0 unspecified atom stereocenters. The minimum Gasteiger partial charge on any atom is -0.456 e. The van der Waals surface area contributed by atoms with Crippen LogP contribution in [0.5, 0.6) is 11.5 Å². The highest BCUT2D eigenvalue weighted by Gasteiger charge is 2.17. The van der Waals surface area contributed by atoms with Crippen LogP contribution in [-0.2, 0) is 0 Å². The van der Waals surface area contributed by atoms with Crippen LogP contribution in [0.3, 0.4) is 0 Å². The number of pyridine rings is 1. The second kappa shape index (κ2) is 9.62. The fourth-order valence-electron chi connectivity index (χ4n) is 6.04. The molecule has 0 N–H and O–H groups in total. The van der Waals surface area contributed by atoms with Crippen molar-refractivity contribution in [1.29, 1.82) is 0 Å². The van der Waals surface area contributed by atoms with E-state index in [2.05, 4.69) is 145 Å². The SMILES string of the molecule is c1ccc2cc(-c3c4ccccc4c(Oc4ccc(-c5cccc6ccccc56)cc4)c4ccncc34)ccc2c1. The molecule has 8 rings (SSSR count). The number of ether oxygens (including phenoxy) is 1. The molecule has 2 heteroatoms. The van der Waals surface area contributed by atoms with E-state index in [1.807, 2.05) is 12.4 Å². The van der Waals surface area contributed by atoms with Gasteiger partial charge in [-0.15, -0.1) is 0 Å². The van der Waals surface area contributed by atoms with E-state index in [1.54, 1.807) is 0 Å². The van der Waals surface area contributed by atoms with Gasteiger partial charge in [0.15, 0.2) is 0 Å². The molecule has 0 saturated carbocycles. The van der Waals surface area contributed by atoms with E-state index in [0.29, 0.717) is 0 Å². The maximum absolute atomic E-state index is 6.72. The third kappa shape index (κ3) is 4.00. The molecule has 8 aromatic rings. The second-order valence-electron chi connectivity index (χ2n) is 10.4. The Morgan fingerprint density at radius 3 is 1.95 bits per heavy atom. The van der Waals surface area contributed by atoms with Crippen LogP contribution in [0.2, 0.25) is 0 Å². The van der Waals surface area contributed by atoms with Crippen molar-refractivity contribution in [3.8, 4) is 33.8 Å². The molecule has 192 valence electrons. The summed E-state index contributed by atoms with van der Waals surface area (Å²) in [5, 5.41) is 9.27. The lowest BCUT2D eigenvalue weighted by atomic mass is 9.91. The van der Waals surface area contributed by atoms with Crippen LogP contribution < -0.4 is 4.74 Å². The Morgan fingerprint density at radius 2 is 1.10 bits per heavy atom. The maximum atomic E-state index is 6.72. The smallest absolute Gasteiger partial charge is 0.143 e. The number of fused-ring (bicyclic) bond motifs is 4. The first-order chi connectivity index (χ1) is 20.3. The molecular formula is C39H25NO. The number of aromatic nitrogens is 1. The fourth-order valence-corrected chi connectivity index (χ4v) is 6.04. The number of hydrogen-bond acceptors (Lipinski definition) is 2. The van der Waals surface area contributed by atoms with Gasteiger partial charge in [0.1, 0.15) is 11.5 Å². The normalized spacial score (nSPS) is 11.4. The van der Waals surface area contributed by atoms with Gasteiger partial charge in [-0.25, -0.2) is 0 Å². The Balaban J connectivity index is 1.27. The number of hydrogen-bond donors (Lipinski definition) is 0. The third-order valence-electron chi connectivity index (χ3n) is 7.99. The number of nitrogens with zero attached hydrogens (tertiary/aromatic N) is 1. The lowest BCUT2D eigenvalue weighted by Gasteiger charge is -2.18. The average Bonchev–Trinajstić information content (AvgIpc) is 3.04. The summed E-state index contributed by atoms with van der Waals surface area (Å²) in [7, 11) is 0. The summed E-state index contributed by atoms with van der Waals surface area (Å²) in [5.41, 5.74) is 4.73. The number of benzene rings is 7. The fraction of sp³-hybridized carbons (Fsp3) is 0. The van der Waals surface area contributed by atoms with E-state index in [4.69, 9.17) is 4.74 Å². The zero-order chi connectivity index (χ0) is 27.2. The van der Waals surface area contributed by atoms with Gasteiger partial charge in [0.25, 0.3) is 0 Å². The standard InChI is InChI=1S/C39H25NO/c1-2-10-29-24-30(17-16-26(29)8-1)38-34-13-5-6-14-35(34)39(36-22-23-40-25-37(36)38)41-31-20-18-28(19-21-31)33-15-7-11-27-9-3-4-12-32(27)33/h1-25H. The van der Waals surface area contributed by atoms with Crippen LogP contribution in [0.1, 0.15) is 0 Å². The van der Waals surface area contributed by atoms with Crippen LogP contribution in [0, 0.1) is 0 Å². The first kappa shape index (κ1) is 23.4. The molecule has 1 aromatic heterocycles. The third-order valence-corrected chi connectivity index (χ3v) is 7.99. The van der Waals surface area contributed by atoms with Crippen molar-refractivity contribution in [3.63, 3.8) is 0 Å². The van der Waals surface area contributed by atoms with Gasteiger partial charge in [0.05, 0.1) is 0 Å². The first-order valence-corrected chi connectivity index (χ1v) is 13.9. The van der Waals surface area contributed by atoms with Crippen molar-refractivity contribution in [1.82, 2.24) is 4.98 Å². The molecule has 0 fully saturated rings. The molecule has 0 atom stereocenters. The van der Waals surface area contributed by atoms with Crippen molar-refractivity contribution < 1.29 is 4.74 Å². The van der Waals surface area contributed by atoms with Gasteiger partial charge in [-0.3, -0.25) is 4.98 Å². The zero-order valence-electron chi connectivity index (χ0n) is 22.3. The Labute approximate surface area is 238 Å². The molecule has 0 amide bonds. The summed E-state index contributed by atoms with van der Waals surface area (Å²) >= 11 is 0. The predicted octanol–water partition coefficient (Wildman–Crippen LogP) is 10.8. The monoisotopic (exact) mass is 523 g/mol. The van der Waals surface area contributed by atoms with Gasteiger partial charge in [-0.05, 0) is 73.5 Å². The molecule has 41 heavy (non-hydrogen) atoms. The number of rotatable bonds is 4. The van der Waals surface area contributed by atoms with Gasteiger partial charge in [-0.1, -0.05) is 115 Å². The largest absolute Gasteiger partial charge is 0.456 e. The lowest BCUT2D eigenvalue weighted by Crippen LogP contribution is -1.93. The van der Waals surface area contributed by atoms with Crippen molar-refractivity contribution >= 4 is 43.1 Å². The molecule has 0 spiro atoms. The van der Waals surface area contributed by atoms with Crippen LogP contribution in [-0.4, -0.2) is 4.98 Å². The highest BCUT2D eigenvalue weighted by Crippen LogP contribution is 2.45.